The minimum Gasteiger partial charge on any atom is -0.495 e. The highest BCUT2D eigenvalue weighted by atomic mass is 16.5. The van der Waals surface area contributed by atoms with E-state index in [1.807, 2.05) is 18.2 Å². The van der Waals surface area contributed by atoms with Gasteiger partial charge in [-0.15, -0.1) is 0 Å². The molecule has 1 heterocycles. The molecule has 1 aliphatic heterocycles. The van der Waals surface area contributed by atoms with E-state index >= 15 is 0 Å². The largest absolute Gasteiger partial charge is 0.495 e. The second-order valence-electron chi connectivity index (χ2n) is 5.05. The van der Waals surface area contributed by atoms with Crippen molar-refractivity contribution in [2.24, 2.45) is 5.92 Å². The standard InChI is InChI=1S/C15H20N2O2/c1-19-15-8-13(2-3-14(15)9-16)10-17-6-4-12(11-18)5-7-17/h2-3,8,12,18H,4-7,10-11H2,1H3. The number of ether oxygens (including phenoxy) is 1. The fourth-order valence-electron chi connectivity index (χ4n) is 2.51. The summed E-state index contributed by atoms with van der Waals surface area (Å²) >= 11 is 0. The van der Waals surface area contributed by atoms with Crippen LogP contribution >= 0.6 is 0 Å². The van der Waals surface area contributed by atoms with Gasteiger partial charge in [0.15, 0.2) is 0 Å². The molecule has 0 unspecified atom stereocenters. The second kappa shape index (κ2) is 6.55. The van der Waals surface area contributed by atoms with E-state index in [1.54, 1.807) is 7.11 Å². The smallest absolute Gasteiger partial charge is 0.136 e. The van der Waals surface area contributed by atoms with Gasteiger partial charge >= 0.3 is 0 Å². The van der Waals surface area contributed by atoms with Gasteiger partial charge < -0.3 is 9.84 Å². The Labute approximate surface area is 114 Å². The van der Waals surface area contributed by atoms with Crippen LogP contribution in [0, 0.1) is 17.2 Å². The SMILES string of the molecule is COc1cc(CN2CCC(CO)CC2)ccc1C#N. The predicted molar refractivity (Wildman–Crippen MR) is 72.8 cm³/mol. The molecule has 102 valence electrons. The number of hydrogen-bond donors (Lipinski definition) is 1. The van der Waals surface area contributed by atoms with Crippen LogP contribution in [0.3, 0.4) is 0 Å². The molecule has 0 amide bonds. The van der Waals surface area contributed by atoms with Gasteiger partial charge in [-0.2, -0.15) is 5.26 Å². The van der Waals surface area contributed by atoms with Crippen LogP contribution in [0.25, 0.3) is 0 Å². The van der Waals surface area contributed by atoms with E-state index in [2.05, 4.69) is 11.0 Å². The van der Waals surface area contributed by atoms with E-state index in [1.165, 1.54) is 5.56 Å². The maximum absolute atomic E-state index is 9.13. The first kappa shape index (κ1) is 13.9. The summed E-state index contributed by atoms with van der Waals surface area (Å²) in [5, 5.41) is 18.1. The first-order valence-electron chi connectivity index (χ1n) is 6.67. The minimum atomic E-state index is 0.304. The molecule has 4 heteroatoms. The fourth-order valence-corrected chi connectivity index (χ4v) is 2.51. The molecule has 0 bridgehead atoms. The maximum atomic E-state index is 9.13. The number of methoxy groups -OCH3 is 1. The van der Waals surface area contributed by atoms with Crippen LogP contribution in [-0.4, -0.2) is 36.8 Å². The molecule has 1 aromatic carbocycles. The highest BCUT2D eigenvalue weighted by Crippen LogP contribution is 2.22. The third-order valence-corrected chi connectivity index (χ3v) is 3.76. The van der Waals surface area contributed by atoms with Crippen LogP contribution in [0.1, 0.15) is 24.0 Å². The Hall–Kier alpha value is -1.57. The highest BCUT2D eigenvalue weighted by molar-refractivity contribution is 5.45. The third-order valence-electron chi connectivity index (χ3n) is 3.76. The van der Waals surface area contributed by atoms with Gasteiger partial charge in [-0.05, 0) is 49.5 Å². The summed E-state index contributed by atoms with van der Waals surface area (Å²) in [4.78, 5) is 2.38. The predicted octanol–water partition coefficient (Wildman–Crippen LogP) is 1.77. The number of nitrogens with zero attached hydrogens (tertiary/aromatic N) is 2. The molecule has 0 aliphatic carbocycles. The van der Waals surface area contributed by atoms with Crippen LogP contribution in [0.4, 0.5) is 0 Å². The molecule has 1 fully saturated rings. The van der Waals surface area contributed by atoms with Gasteiger partial charge in [0.05, 0.1) is 12.7 Å². The van der Waals surface area contributed by atoms with Gasteiger partial charge in [0.2, 0.25) is 0 Å². The summed E-state index contributed by atoms with van der Waals surface area (Å²) in [6.07, 6.45) is 2.12. The Kier molecular flexibility index (Phi) is 4.78. The Balaban J connectivity index is 1.98. The van der Waals surface area contributed by atoms with Crippen molar-refractivity contribution in [3.8, 4) is 11.8 Å². The van der Waals surface area contributed by atoms with Crippen molar-refractivity contribution in [3.05, 3.63) is 29.3 Å². The minimum absolute atomic E-state index is 0.304. The molecule has 2 rings (SSSR count). The average Bonchev–Trinajstić information content (AvgIpc) is 2.48. The van der Waals surface area contributed by atoms with E-state index < -0.39 is 0 Å². The van der Waals surface area contributed by atoms with Crippen molar-refractivity contribution in [1.29, 1.82) is 5.26 Å². The Morgan fingerprint density at radius 1 is 1.42 bits per heavy atom. The van der Waals surface area contributed by atoms with Gasteiger partial charge in [-0.3, -0.25) is 4.90 Å². The van der Waals surface area contributed by atoms with E-state index in [4.69, 9.17) is 15.1 Å². The molecule has 0 atom stereocenters. The normalized spacial score (nSPS) is 17.1. The molecule has 0 saturated carbocycles. The molecule has 1 N–H and O–H groups in total. The van der Waals surface area contributed by atoms with Gasteiger partial charge in [-0.25, -0.2) is 0 Å². The molecule has 1 saturated heterocycles. The zero-order chi connectivity index (χ0) is 13.7. The lowest BCUT2D eigenvalue weighted by Gasteiger charge is -2.31. The molecule has 19 heavy (non-hydrogen) atoms. The van der Waals surface area contributed by atoms with E-state index in [-0.39, 0.29) is 0 Å². The molecule has 4 nitrogen and oxygen atoms in total. The van der Waals surface area contributed by atoms with Crippen molar-refractivity contribution < 1.29 is 9.84 Å². The van der Waals surface area contributed by atoms with Crippen LogP contribution in [0.5, 0.6) is 5.75 Å². The second-order valence-corrected chi connectivity index (χ2v) is 5.05. The third kappa shape index (κ3) is 3.46. The van der Waals surface area contributed by atoms with Gasteiger partial charge in [0.1, 0.15) is 11.8 Å². The fraction of sp³-hybridized carbons (Fsp3) is 0.533. The highest BCUT2D eigenvalue weighted by Gasteiger charge is 2.18. The number of hydrogen-bond acceptors (Lipinski definition) is 4. The lowest BCUT2D eigenvalue weighted by molar-refractivity contribution is 0.127. The van der Waals surface area contributed by atoms with Crippen molar-refractivity contribution in [2.45, 2.75) is 19.4 Å². The maximum Gasteiger partial charge on any atom is 0.136 e. The number of nitriles is 1. The molecule has 0 radical (unpaired) electrons. The van der Waals surface area contributed by atoms with E-state index in [0.29, 0.717) is 23.8 Å². The summed E-state index contributed by atoms with van der Waals surface area (Å²) in [6, 6.07) is 7.86. The van der Waals surface area contributed by atoms with Crippen molar-refractivity contribution in [2.75, 3.05) is 26.8 Å². The average molecular weight is 260 g/mol. The zero-order valence-electron chi connectivity index (χ0n) is 11.3. The molecule has 0 spiro atoms. The molecular formula is C15H20N2O2. The monoisotopic (exact) mass is 260 g/mol. The zero-order valence-corrected chi connectivity index (χ0v) is 11.3. The van der Waals surface area contributed by atoms with E-state index in [9.17, 15) is 0 Å². The first-order valence-corrected chi connectivity index (χ1v) is 6.67. The Morgan fingerprint density at radius 3 is 2.74 bits per heavy atom. The Bertz CT molecular complexity index is 460. The summed E-state index contributed by atoms with van der Waals surface area (Å²) in [7, 11) is 1.59. The van der Waals surface area contributed by atoms with Crippen LogP contribution in [0.15, 0.2) is 18.2 Å². The van der Waals surface area contributed by atoms with Crippen LogP contribution < -0.4 is 4.74 Å². The van der Waals surface area contributed by atoms with Gasteiger partial charge in [0.25, 0.3) is 0 Å². The number of rotatable bonds is 4. The molecule has 1 aromatic rings. The molecular weight excluding hydrogens is 240 g/mol. The van der Waals surface area contributed by atoms with Crippen molar-refractivity contribution in [1.82, 2.24) is 4.90 Å². The quantitative estimate of drug-likeness (QED) is 0.896. The molecule has 1 aliphatic rings. The first-order chi connectivity index (χ1) is 9.26. The van der Waals surface area contributed by atoms with E-state index in [0.717, 1.165) is 32.5 Å². The van der Waals surface area contributed by atoms with Crippen molar-refractivity contribution >= 4 is 0 Å². The van der Waals surface area contributed by atoms with Gasteiger partial charge in [0, 0.05) is 13.2 Å². The van der Waals surface area contributed by atoms with Gasteiger partial charge in [-0.1, -0.05) is 6.07 Å². The summed E-state index contributed by atoms with van der Waals surface area (Å²) < 4.78 is 5.23. The number of benzene rings is 1. The number of piperidine rings is 1. The lowest BCUT2D eigenvalue weighted by atomic mass is 9.97. The number of likely N-dealkylation sites (tertiary alicyclic amines) is 1. The van der Waals surface area contributed by atoms with Crippen LogP contribution in [-0.2, 0) is 6.54 Å². The van der Waals surface area contributed by atoms with Crippen molar-refractivity contribution in [3.63, 3.8) is 0 Å². The van der Waals surface area contributed by atoms with Crippen LogP contribution in [0.2, 0.25) is 0 Å². The summed E-state index contributed by atoms with van der Waals surface area (Å²) in [5.74, 6) is 1.11. The summed E-state index contributed by atoms with van der Waals surface area (Å²) in [6.45, 7) is 3.22. The molecule has 0 aromatic heterocycles. The summed E-state index contributed by atoms with van der Waals surface area (Å²) in [5.41, 5.74) is 1.74. The topological polar surface area (TPSA) is 56.5 Å². The number of aliphatic hydroxyl groups is 1. The lowest BCUT2D eigenvalue weighted by Crippen LogP contribution is -2.34. The Morgan fingerprint density at radius 2 is 2.16 bits per heavy atom. The number of aliphatic hydroxyl groups excluding tert-OH is 1.